The van der Waals surface area contributed by atoms with E-state index in [4.69, 9.17) is 0 Å². The molecule has 1 atom stereocenters. The monoisotopic (exact) mass is 337 g/mol. The van der Waals surface area contributed by atoms with Crippen LogP contribution in [0.3, 0.4) is 0 Å². The third-order valence-corrected chi connectivity index (χ3v) is 3.60. The van der Waals surface area contributed by atoms with Crippen molar-refractivity contribution in [1.82, 2.24) is 20.1 Å². The molecule has 2 heterocycles. The molecule has 25 heavy (non-hydrogen) atoms. The molecule has 7 heteroatoms. The van der Waals surface area contributed by atoms with Gasteiger partial charge in [-0.3, -0.25) is 0 Å². The van der Waals surface area contributed by atoms with Crippen LogP contribution in [0.25, 0.3) is 5.82 Å². The number of aliphatic hydroxyl groups excluding tert-OH is 1. The Labute approximate surface area is 145 Å². The van der Waals surface area contributed by atoms with Crippen LogP contribution >= 0.6 is 0 Å². The van der Waals surface area contributed by atoms with Crippen molar-refractivity contribution in [3.8, 4) is 5.82 Å². The van der Waals surface area contributed by atoms with Gasteiger partial charge in [-0.2, -0.15) is 5.10 Å². The lowest BCUT2D eigenvalue weighted by Gasteiger charge is -2.16. The van der Waals surface area contributed by atoms with Gasteiger partial charge in [-0.1, -0.05) is 36.4 Å². The van der Waals surface area contributed by atoms with Crippen LogP contribution in [-0.2, 0) is 6.42 Å². The summed E-state index contributed by atoms with van der Waals surface area (Å²) < 4.78 is 1.57. The standard InChI is InChI=1S/C18H19N5O2/c24-13-15(10-14-6-2-1-3-7-14)21-18(25)22-16-11-20-23(12-16)17-8-4-5-9-19-17/h1-9,11-12,15,24H,10,13H2,(H2,21,22,25)/t15-/m0/s1. The number of amides is 2. The highest BCUT2D eigenvalue weighted by molar-refractivity contribution is 5.89. The van der Waals surface area contributed by atoms with E-state index in [1.807, 2.05) is 48.5 Å². The molecule has 0 radical (unpaired) electrons. The van der Waals surface area contributed by atoms with E-state index >= 15 is 0 Å². The lowest BCUT2D eigenvalue weighted by molar-refractivity contribution is 0.224. The zero-order valence-corrected chi connectivity index (χ0v) is 13.5. The number of nitrogens with zero attached hydrogens (tertiary/aromatic N) is 3. The van der Waals surface area contributed by atoms with Gasteiger partial charge in [0.2, 0.25) is 0 Å². The Hall–Kier alpha value is -3.19. The smallest absolute Gasteiger partial charge is 0.319 e. The maximum atomic E-state index is 12.1. The molecule has 1 aromatic carbocycles. The molecule has 0 aliphatic heterocycles. The second-order valence-electron chi connectivity index (χ2n) is 5.53. The van der Waals surface area contributed by atoms with Gasteiger partial charge in [0.05, 0.1) is 30.7 Å². The quantitative estimate of drug-likeness (QED) is 0.641. The minimum absolute atomic E-state index is 0.143. The number of anilines is 1. The molecule has 0 unspecified atom stereocenters. The molecule has 128 valence electrons. The summed E-state index contributed by atoms with van der Waals surface area (Å²) in [5, 5.41) is 19.1. The molecule has 0 aliphatic carbocycles. The number of pyridine rings is 1. The third kappa shape index (κ3) is 4.65. The fraction of sp³-hybridized carbons (Fsp3) is 0.167. The summed E-state index contributed by atoms with van der Waals surface area (Å²) in [5.41, 5.74) is 1.59. The van der Waals surface area contributed by atoms with Crippen molar-refractivity contribution < 1.29 is 9.90 Å². The topological polar surface area (TPSA) is 92.1 Å². The normalized spacial score (nSPS) is 11.7. The Morgan fingerprint density at radius 3 is 2.68 bits per heavy atom. The van der Waals surface area contributed by atoms with E-state index in [0.29, 0.717) is 17.9 Å². The largest absolute Gasteiger partial charge is 0.394 e. The molecular formula is C18H19N5O2. The van der Waals surface area contributed by atoms with Crippen molar-refractivity contribution in [2.45, 2.75) is 12.5 Å². The number of carbonyl (C=O) groups excluding carboxylic acids is 1. The van der Waals surface area contributed by atoms with Crippen LogP contribution in [0.2, 0.25) is 0 Å². The number of carbonyl (C=O) groups is 1. The van der Waals surface area contributed by atoms with Gasteiger partial charge in [0, 0.05) is 6.20 Å². The van der Waals surface area contributed by atoms with Crippen LogP contribution in [0.4, 0.5) is 10.5 Å². The van der Waals surface area contributed by atoms with E-state index in [2.05, 4.69) is 20.7 Å². The van der Waals surface area contributed by atoms with E-state index in [0.717, 1.165) is 5.56 Å². The van der Waals surface area contributed by atoms with Gasteiger partial charge in [-0.15, -0.1) is 0 Å². The second-order valence-corrected chi connectivity index (χ2v) is 5.53. The summed E-state index contributed by atoms with van der Waals surface area (Å²) in [6, 6.07) is 14.4. The highest BCUT2D eigenvalue weighted by atomic mass is 16.3. The fourth-order valence-electron chi connectivity index (χ4n) is 2.41. The van der Waals surface area contributed by atoms with Crippen LogP contribution in [0.15, 0.2) is 67.1 Å². The summed E-state index contributed by atoms with van der Waals surface area (Å²) in [5.74, 6) is 0.660. The van der Waals surface area contributed by atoms with Gasteiger partial charge in [0.25, 0.3) is 0 Å². The summed E-state index contributed by atoms with van der Waals surface area (Å²) >= 11 is 0. The number of rotatable bonds is 6. The van der Waals surface area contributed by atoms with E-state index in [9.17, 15) is 9.90 Å². The maximum Gasteiger partial charge on any atom is 0.319 e. The Morgan fingerprint density at radius 2 is 1.96 bits per heavy atom. The molecule has 0 spiro atoms. The first-order chi connectivity index (χ1) is 12.2. The second kappa shape index (κ2) is 8.07. The van der Waals surface area contributed by atoms with Gasteiger partial charge in [0.15, 0.2) is 5.82 Å². The van der Waals surface area contributed by atoms with Gasteiger partial charge in [-0.05, 0) is 24.1 Å². The third-order valence-electron chi connectivity index (χ3n) is 3.60. The molecule has 0 saturated heterocycles. The molecule has 0 bridgehead atoms. The molecule has 0 saturated carbocycles. The highest BCUT2D eigenvalue weighted by Crippen LogP contribution is 2.09. The molecule has 3 N–H and O–H groups in total. The zero-order chi connectivity index (χ0) is 17.5. The van der Waals surface area contributed by atoms with E-state index < -0.39 is 6.03 Å². The molecule has 3 aromatic rings. The van der Waals surface area contributed by atoms with E-state index in [1.54, 1.807) is 23.3 Å². The predicted molar refractivity (Wildman–Crippen MR) is 94.5 cm³/mol. The zero-order valence-electron chi connectivity index (χ0n) is 13.5. The number of hydrogen-bond acceptors (Lipinski definition) is 4. The average molecular weight is 337 g/mol. The van der Waals surface area contributed by atoms with Crippen LogP contribution in [0, 0.1) is 0 Å². The number of aromatic nitrogens is 3. The number of nitrogens with one attached hydrogen (secondary N) is 2. The van der Waals surface area contributed by atoms with E-state index in [-0.39, 0.29) is 12.6 Å². The first-order valence-corrected chi connectivity index (χ1v) is 7.93. The number of urea groups is 1. The Morgan fingerprint density at radius 1 is 1.16 bits per heavy atom. The number of aliphatic hydroxyl groups is 1. The number of hydrogen-bond donors (Lipinski definition) is 3. The van der Waals surface area contributed by atoms with E-state index in [1.165, 1.54) is 0 Å². The average Bonchev–Trinajstić information content (AvgIpc) is 3.11. The molecule has 7 nitrogen and oxygen atoms in total. The van der Waals surface area contributed by atoms with Crippen molar-refractivity contribution in [3.05, 3.63) is 72.7 Å². The SMILES string of the molecule is O=C(Nc1cnn(-c2ccccn2)c1)N[C@H](CO)Cc1ccccc1. The van der Waals surface area contributed by atoms with Gasteiger partial charge in [-0.25, -0.2) is 14.5 Å². The Bertz CT molecular complexity index is 805. The van der Waals surface area contributed by atoms with Crippen LogP contribution < -0.4 is 10.6 Å². The molecule has 0 fully saturated rings. The van der Waals surface area contributed by atoms with Gasteiger partial charge in [0.1, 0.15) is 0 Å². The Balaban J connectivity index is 1.57. The summed E-state index contributed by atoms with van der Waals surface area (Å²) in [6.45, 7) is -0.143. The fourth-order valence-corrected chi connectivity index (χ4v) is 2.41. The number of benzene rings is 1. The first kappa shape index (κ1) is 16.7. The van der Waals surface area contributed by atoms with Crippen molar-refractivity contribution in [1.29, 1.82) is 0 Å². The molecule has 0 aliphatic rings. The van der Waals surface area contributed by atoms with Crippen molar-refractivity contribution in [3.63, 3.8) is 0 Å². The molecule has 2 aromatic heterocycles. The summed E-state index contributed by atoms with van der Waals surface area (Å²) in [4.78, 5) is 16.3. The lowest BCUT2D eigenvalue weighted by Crippen LogP contribution is -2.41. The van der Waals surface area contributed by atoms with Crippen LogP contribution in [-0.4, -0.2) is 38.6 Å². The highest BCUT2D eigenvalue weighted by Gasteiger charge is 2.13. The van der Waals surface area contributed by atoms with Gasteiger partial charge < -0.3 is 15.7 Å². The van der Waals surface area contributed by atoms with Crippen molar-refractivity contribution in [2.75, 3.05) is 11.9 Å². The molecule has 2 amide bonds. The molecular weight excluding hydrogens is 318 g/mol. The first-order valence-electron chi connectivity index (χ1n) is 7.93. The van der Waals surface area contributed by atoms with Crippen molar-refractivity contribution >= 4 is 11.7 Å². The predicted octanol–water partition coefficient (Wildman–Crippen LogP) is 1.99. The van der Waals surface area contributed by atoms with Crippen LogP contribution in [0.1, 0.15) is 5.56 Å². The summed E-state index contributed by atoms with van der Waals surface area (Å²) in [6.07, 6.45) is 5.44. The summed E-state index contributed by atoms with van der Waals surface area (Å²) in [7, 11) is 0. The van der Waals surface area contributed by atoms with Crippen molar-refractivity contribution in [2.24, 2.45) is 0 Å². The lowest BCUT2D eigenvalue weighted by atomic mass is 10.1. The maximum absolute atomic E-state index is 12.1. The minimum Gasteiger partial charge on any atom is -0.394 e. The molecule has 3 rings (SSSR count). The van der Waals surface area contributed by atoms with Crippen LogP contribution in [0.5, 0.6) is 0 Å². The Kier molecular flexibility index (Phi) is 5.38. The van der Waals surface area contributed by atoms with Gasteiger partial charge >= 0.3 is 6.03 Å². The minimum atomic E-state index is -0.393.